The second-order valence-electron chi connectivity index (χ2n) is 6.39. The Labute approximate surface area is 152 Å². The van der Waals surface area contributed by atoms with Crippen molar-refractivity contribution in [1.29, 1.82) is 0 Å². The minimum Gasteiger partial charge on any atom is -0.359 e. The standard InChI is InChI=1S/C18H21N5O.ClH/c1-12-9-13-10-14(4-5-16(13)20-12)21-18(24)17-6-8-23(22-17)15-3-2-7-19-11-15;/h4-6,8-10,15,19-20H,2-3,7,11H2,1H3,(H,21,24);1H. The fraction of sp³-hybridized carbons (Fsp3) is 0.333. The smallest absolute Gasteiger partial charge is 0.276 e. The van der Waals surface area contributed by atoms with Crippen LogP contribution in [0.15, 0.2) is 36.5 Å². The highest BCUT2D eigenvalue weighted by molar-refractivity contribution is 6.03. The van der Waals surface area contributed by atoms with Gasteiger partial charge in [-0.15, -0.1) is 12.4 Å². The van der Waals surface area contributed by atoms with E-state index in [1.807, 2.05) is 36.0 Å². The fourth-order valence-corrected chi connectivity index (χ4v) is 3.27. The number of nitrogens with one attached hydrogen (secondary N) is 3. The molecule has 1 fully saturated rings. The highest BCUT2D eigenvalue weighted by atomic mass is 35.5. The van der Waals surface area contributed by atoms with Gasteiger partial charge in [-0.2, -0.15) is 5.10 Å². The van der Waals surface area contributed by atoms with Crippen LogP contribution in [0.4, 0.5) is 5.69 Å². The summed E-state index contributed by atoms with van der Waals surface area (Å²) < 4.78 is 1.90. The molecule has 4 rings (SSSR count). The first kappa shape index (κ1) is 17.5. The van der Waals surface area contributed by atoms with Gasteiger partial charge in [-0.3, -0.25) is 9.48 Å². The predicted molar refractivity (Wildman–Crippen MR) is 102 cm³/mol. The molecule has 25 heavy (non-hydrogen) atoms. The zero-order valence-corrected chi connectivity index (χ0v) is 14.9. The maximum Gasteiger partial charge on any atom is 0.276 e. The van der Waals surface area contributed by atoms with Crippen molar-refractivity contribution in [2.45, 2.75) is 25.8 Å². The van der Waals surface area contributed by atoms with Crippen molar-refractivity contribution >= 4 is 34.9 Å². The largest absolute Gasteiger partial charge is 0.359 e. The summed E-state index contributed by atoms with van der Waals surface area (Å²) in [5.74, 6) is -0.177. The van der Waals surface area contributed by atoms with Crippen LogP contribution in [0.25, 0.3) is 10.9 Å². The summed E-state index contributed by atoms with van der Waals surface area (Å²) >= 11 is 0. The lowest BCUT2D eigenvalue weighted by atomic mass is 10.1. The van der Waals surface area contributed by atoms with Crippen LogP contribution in [0.3, 0.4) is 0 Å². The maximum atomic E-state index is 12.4. The Bertz CT molecular complexity index is 879. The number of rotatable bonds is 3. The van der Waals surface area contributed by atoms with Crippen LogP contribution in [0, 0.1) is 6.92 Å². The summed E-state index contributed by atoms with van der Waals surface area (Å²) in [6, 6.07) is 10.0. The number of carbonyl (C=O) groups is 1. The summed E-state index contributed by atoms with van der Waals surface area (Å²) in [7, 11) is 0. The molecule has 2 aromatic heterocycles. The molecule has 0 bridgehead atoms. The van der Waals surface area contributed by atoms with E-state index < -0.39 is 0 Å². The van der Waals surface area contributed by atoms with E-state index in [-0.39, 0.29) is 18.3 Å². The number of hydrogen-bond donors (Lipinski definition) is 3. The van der Waals surface area contributed by atoms with Gasteiger partial charge in [0.25, 0.3) is 5.91 Å². The third kappa shape index (κ3) is 3.70. The molecule has 7 heteroatoms. The average Bonchev–Trinajstić information content (AvgIpc) is 3.21. The van der Waals surface area contributed by atoms with E-state index in [0.29, 0.717) is 11.7 Å². The van der Waals surface area contributed by atoms with Gasteiger partial charge in [0, 0.05) is 35.0 Å². The van der Waals surface area contributed by atoms with Gasteiger partial charge < -0.3 is 15.6 Å². The zero-order valence-electron chi connectivity index (χ0n) is 14.1. The van der Waals surface area contributed by atoms with Crippen LogP contribution in [0.1, 0.15) is 35.1 Å². The highest BCUT2D eigenvalue weighted by Crippen LogP contribution is 2.21. The molecular formula is C18H22ClN5O. The quantitative estimate of drug-likeness (QED) is 0.671. The van der Waals surface area contributed by atoms with Gasteiger partial charge in [0.2, 0.25) is 0 Å². The average molecular weight is 360 g/mol. The van der Waals surface area contributed by atoms with E-state index in [0.717, 1.165) is 48.2 Å². The minimum absolute atomic E-state index is 0. The van der Waals surface area contributed by atoms with Crippen LogP contribution in [-0.4, -0.2) is 33.8 Å². The molecule has 0 aliphatic carbocycles. The first-order valence-corrected chi connectivity index (χ1v) is 8.36. The summed E-state index contributed by atoms with van der Waals surface area (Å²) in [6.07, 6.45) is 4.13. The van der Waals surface area contributed by atoms with Crippen molar-refractivity contribution in [2.24, 2.45) is 0 Å². The molecule has 0 radical (unpaired) electrons. The molecule has 3 aromatic rings. The summed E-state index contributed by atoms with van der Waals surface area (Å²) in [4.78, 5) is 15.7. The van der Waals surface area contributed by atoms with Crippen LogP contribution in [0.2, 0.25) is 0 Å². The van der Waals surface area contributed by atoms with Gasteiger partial charge in [0.15, 0.2) is 5.69 Å². The van der Waals surface area contributed by atoms with Crippen molar-refractivity contribution in [3.8, 4) is 0 Å². The number of aromatic nitrogens is 3. The van der Waals surface area contributed by atoms with E-state index >= 15 is 0 Å². The molecule has 1 aliphatic rings. The molecule has 1 amide bonds. The second kappa shape index (κ2) is 7.29. The van der Waals surface area contributed by atoms with E-state index in [1.54, 1.807) is 6.07 Å². The van der Waals surface area contributed by atoms with Crippen molar-refractivity contribution < 1.29 is 4.79 Å². The Morgan fingerprint density at radius 3 is 3.00 bits per heavy atom. The Balaban J connectivity index is 0.00000182. The lowest BCUT2D eigenvalue weighted by Gasteiger charge is -2.22. The molecule has 3 N–H and O–H groups in total. The number of hydrogen-bond acceptors (Lipinski definition) is 3. The lowest BCUT2D eigenvalue weighted by molar-refractivity contribution is 0.102. The number of halogens is 1. The SMILES string of the molecule is Cc1cc2cc(NC(=O)c3ccn(C4CCCNC4)n3)ccc2[nH]1.Cl. The van der Waals surface area contributed by atoms with Gasteiger partial charge in [-0.25, -0.2) is 0 Å². The van der Waals surface area contributed by atoms with Crippen molar-refractivity contribution in [1.82, 2.24) is 20.1 Å². The Morgan fingerprint density at radius 1 is 1.32 bits per heavy atom. The number of carbonyl (C=O) groups excluding carboxylic acids is 1. The third-order valence-electron chi connectivity index (χ3n) is 4.50. The Hall–Kier alpha value is -2.31. The molecule has 0 saturated carbocycles. The molecule has 1 unspecified atom stereocenters. The number of fused-ring (bicyclic) bond motifs is 1. The summed E-state index contributed by atoms with van der Waals surface area (Å²) in [5.41, 5.74) is 3.40. The molecule has 6 nitrogen and oxygen atoms in total. The van der Waals surface area contributed by atoms with E-state index in [9.17, 15) is 4.79 Å². The number of H-pyrrole nitrogens is 1. The van der Waals surface area contributed by atoms with Gasteiger partial charge in [-0.05, 0) is 56.6 Å². The minimum atomic E-state index is -0.177. The first-order chi connectivity index (χ1) is 11.7. The number of nitrogens with zero attached hydrogens (tertiary/aromatic N) is 2. The monoisotopic (exact) mass is 359 g/mol. The number of anilines is 1. The Morgan fingerprint density at radius 2 is 2.20 bits per heavy atom. The molecule has 1 aliphatic heterocycles. The second-order valence-corrected chi connectivity index (χ2v) is 6.39. The molecule has 3 heterocycles. The topological polar surface area (TPSA) is 74.7 Å². The van der Waals surface area contributed by atoms with Gasteiger partial charge in [0.1, 0.15) is 0 Å². The van der Waals surface area contributed by atoms with Crippen molar-refractivity contribution in [3.63, 3.8) is 0 Å². The Kier molecular flexibility index (Phi) is 5.11. The van der Waals surface area contributed by atoms with Crippen LogP contribution in [-0.2, 0) is 0 Å². The molecule has 1 aromatic carbocycles. The van der Waals surface area contributed by atoms with E-state index in [4.69, 9.17) is 0 Å². The fourth-order valence-electron chi connectivity index (χ4n) is 3.27. The molecular weight excluding hydrogens is 338 g/mol. The van der Waals surface area contributed by atoms with Crippen LogP contribution in [0.5, 0.6) is 0 Å². The lowest BCUT2D eigenvalue weighted by Crippen LogP contribution is -2.32. The zero-order chi connectivity index (χ0) is 16.5. The van der Waals surface area contributed by atoms with Crippen molar-refractivity contribution in [3.05, 3.63) is 47.9 Å². The number of aryl methyl sites for hydroxylation is 1. The highest BCUT2D eigenvalue weighted by Gasteiger charge is 2.17. The van der Waals surface area contributed by atoms with Gasteiger partial charge in [0.05, 0.1) is 6.04 Å². The van der Waals surface area contributed by atoms with E-state index in [1.165, 1.54) is 0 Å². The third-order valence-corrected chi connectivity index (χ3v) is 4.50. The number of aromatic amines is 1. The van der Waals surface area contributed by atoms with Crippen LogP contribution >= 0.6 is 12.4 Å². The predicted octanol–water partition coefficient (Wildman–Crippen LogP) is 3.27. The molecule has 1 saturated heterocycles. The summed E-state index contributed by atoms with van der Waals surface area (Å²) in [5, 5.41) is 11.8. The van der Waals surface area contributed by atoms with Crippen LogP contribution < -0.4 is 10.6 Å². The van der Waals surface area contributed by atoms with Gasteiger partial charge in [-0.1, -0.05) is 0 Å². The van der Waals surface area contributed by atoms with Crippen molar-refractivity contribution in [2.75, 3.05) is 18.4 Å². The molecule has 1 atom stereocenters. The molecule has 0 spiro atoms. The first-order valence-electron chi connectivity index (χ1n) is 8.36. The number of piperidine rings is 1. The van der Waals surface area contributed by atoms with E-state index in [2.05, 4.69) is 26.8 Å². The number of benzene rings is 1. The van der Waals surface area contributed by atoms with Gasteiger partial charge >= 0.3 is 0 Å². The number of amides is 1. The molecule has 132 valence electrons. The normalized spacial score (nSPS) is 17.2. The summed E-state index contributed by atoms with van der Waals surface area (Å²) in [6.45, 7) is 3.99. The maximum absolute atomic E-state index is 12.4.